The minimum absolute atomic E-state index is 0.551. The highest BCUT2D eigenvalue weighted by atomic mass is 16.5. The van der Waals surface area contributed by atoms with E-state index in [-0.39, 0.29) is 0 Å². The number of hydrogen-bond acceptors (Lipinski definition) is 5. The minimum Gasteiger partial charge on any atom is -0.398 e. The minimum atomic E-state index is 0.551. The Balaban J connectivity index is 1.87. The number of nitrogens with zero attached hydrogens (tertiary/aromatic N) is 2. The second-order valence-electron chi connectivity index (χ2n) is 3.54. The van der Waals surface area contributed by atoms with Crippen LogP contribution in [0.15, 0.2) is 28.8 Å². The summed E-state index contributed by atoms with van der Waals surface area (Å²) in [6.45, 7) is 3.03. The van der Waals surface area contributed by atoms with Crippen LogP contribution in [0.5, 0.6) is 0 Å². The maximum Gasteiger partial charge on any atom is 0.240 e. The van der Waals surface area contributed by atoms with Crippen molar-refractivity contribution in [2.24, 2.45) is 0 Å². The molecule has 0 unspecified atom stereocenters. The lowest BCUT2D eigenvalue weighted by Crippen LogP contribution is -2.14. The summed E-state index contributed by atoms with van der Waals surface area (Å²) in [6, 6.07) is 7.75. The highest BCUT2D eigenvalue weighted by Gasteiger charge is 2.02. The van der Waals surface area contributed by atoms with Gasteiger partial charge in [-0.05, 0) is 18.6 Å². The van der Waals surface area contributed by atoms with E-state index in [0.717, 1.165) is 11.3 Å². The number of aromatic nitrogens is 2. The van der Waals surface area contributed by atoms with Crippen molar-refractivity contribution in [3.05, 3.63) is 41.5 Å². The lowest BCUT2D eigenvalue weighted by atomic mass is 10.2. The molecule has 0 radical (unpaired) electrons. The van der Waals surface area contributed by atoms with Gasteiger partial charge in [0.25, 0.3) is 0 Å². The molecular formula is C11H14N4O. The molecule has 2 rings (SSSR count). The summed E-state index contributed by atoms with van der Waals surface area (Å²) in [5, 5.41) is 6.90. The molecule has 1 heterocycles. The molecule has 0 amide bonds. The molecule has 0 spiro atoms. The predicted octanol–water partition coefficient (Wildman–Crippen LogP) is 1.25. The van der Waals surface area contributed by atoms with Gasteiger partial charge in [0, 0.05) is 12.2 Å². The Morgan fingerprint density at radius 2 is 2.12 bits per heavy atom. The zero-order chi connectivity index (χ0) is 11.4. The molecule has 0 aliphatic heterocycles. The molecule has 3 N–H and O–H groups in total. The van der Waals surface area contributed by atoms with Gasteiger partial charge in [0.2, 0.25) is 5.89 Å². The van der Waals surface area contributed by atoms with Crippen LogP contribution in [0.3, 0.4) is 0 Å². The number of benzene rings is 1. The third kappa shape index (κ3) is 2.58. The normalized spacial score (nSPS) is 10.6. The SMILES string of the molecule is Cc1noc(CNCc2ccccc2N)n1. The van der Waals surface area contributed by atoms with Gasteiger partial charge < -0.3 is 15.6 Å². The maximum atomic E-state index is 5.81. The smallest absolute Gasteiger partial charge is 0.240 e. The van der Waals surface area contributed by atoms with Crippen molar-refractivity contribution >= 4 is 5.69 Å². The molecule has 5 nitrogen and oxygen atoms in total. The molecule has 0 saturated carbocycles. The second kappa shape index (κ2) is 4.76. The van der Waals surface area contributed by atoms with E-state index in [4.69, 9.17) is 10.3 Å². The fraction of sp³-hybridized carbons (Fsp3) is 0.273. The number of nitrogen functional groups attached to an aromatic ring is 1. The van der Waals surface area contributed by atoms with E-state index in [9.17, 15) is 0 Å². The molecule has 0 saturated heterocycles. The predicted molar refractivity (Wildman–Crippen MR) is 60.4 cm³/mol. The van der Waals surface area contributed by atoms with Crippen LogP contribution >= 0.6 is 0 Å². The van der Waals surface area contributed by atoms with Gasteiger partial charge in [-0.1, -0.05) is 23.4 Å². The first-order valence-corrected chi connectivity index (χ1v) is 5.09. The van der Waals surface area contributed by atoms with Gasteiger partial charge in [0.05, 0.1) is 6.54 Å². The van der Waals surface area contributed by atoms with Crippen molar-refractivity contribution in [3.63, 3.8) is 0 Å². The molecule has 0 fully saturated rings. The number of rotatable bonds is 4. The average molecular weight is 218 g/mol. The number of hydrogen-bond donors (Lipinski definition) is 2. The van der Waals surface area contributed by atoms with Gasteiger partial charge in [-0.2, -0.15) is 4.98 Å². The zero-order valence-electron chi connectivity index (χ0n) is 9.10. The van der Waals surface area contributed by atoms with Crippen LogP contribution in [0.25, 0.3) is 0 Å². The molecule has 0 atom stereocenters. The average Bonchev–Trinajstić information content (AvgIpc) is 2.67. The monoisotopic (exact) mass is 218 g/mol. The van der Waals surface area contributed by atoms with E-state index in [1.54, 1.807) is 6.92 Å². The first-order chi connectivity index (χ1) is 7.75. The summed E-state index contributed by atoms with van der Waals surface area (Å²) in [5.41, 5.74) is 7.67. The first-order valence-electron chi connectivity index (χ1n) is 5.09. The van der Waals surface area contributed by atoms with Gasteiger partial charge >= 0.3 is 0 Å². The molecular weight excluding hydrogens is 204 g/mol. The maximum absolute atomic E-state index is 5.81. The van der Waals surface area contributed by atoms with E-state index in [1.165, 1.54) is 0 Å². The van der Waals surface area contributed by atoms with Crippen molar-refractivity contribution in [3.8, 4) is 0 Å². The Morgan fingerprint density at radius 3 is 2.81 bits per heavy atom. The Morgan fingerprint density at radius 1 is 1.31 bits per heavy atom. The lowest BCUT2D eigenvalue weighted by Gasteiger charge is -2.04. The van der Waals surface area contributed by atoms with Crippen molar-refractivity contribution in [2.75, 3.05) is 5.73 Å². The molecule has 2 aromatic rings. The van der Waals surface area contributed by atoms with E-state index < -0.39 is 0 Å². The zero-order valence-corrected chi connectivity index (χ0v) is 9.10. The van der Waals surface area contributed by atoms with Crippen LogP contribution in [0.1, 0.15) is 17.3 Å². The third-order valence-electron chi connectivity index (χ3n) is 2.22. The van der Waals surface area contributed by atoms with Crippen LogP contribution in [-0.2, 0) is 13.1 Å². The molecule has 16 heavy (non-hydrogen) atoms. The van der Waals surface area contributed by atoms with Crippen molar-refractivity contribution in [1.29, 1.82) is 0 Å². The second-order valence-corrected chi connectivity index (χ2v) is 3.54. The van der Waals surface area contributed by atoms with Crippen LogP contribution in [-0.4, -0.2) is 10.1 Å². The number of aryl methyl sites for hydroxylation is 1. The van der Waals surface area contributed by atoms with Crippen molar-refractivity contribution in [2.45, 2.75) is 20.0 Å². The van der Waals surface area contributed by atoms with Crippen LogP contribution in [0.4, 0.5) is 5.69 Å². The number of anilines is 1. The molecule has 1 aromatic carbocycles. The summed E-state index contributed by atoms with van der Waals surface area (Å²) in [5.74, 6) is 1.24. The molecule has 1 aromatic heterocycles. The quantitative estimate of drug-likeness (QED) is 0.755. The Labute approximate surface area is 93.7 Å². The lowest BCUT2D eigenvalue weighted by molar-refractivity contribution is 0.364. The Kier molecular flexibility index (Phi) is 3.16. The molecule has 84 valence electrons. The van der Waals surface area contributed by atoms with Crippen LogP contribution in [0, 0.1) is 6.92 Å². The first kappa shape index (κ1) is 10.6. The fourth-order valence-corrected chi connectivity index (χ4v) is 1.41. The fourth-order valence-electron chi connectivity index (χ4n) is 1.41. The Bertz CT molecular complexity index is 467. The summed E-state index contributed by atoms with van der Waals surface area (Å²) in [7, 11) is 0. The number of para-hydroxylation sites is 1. The highest BCUT2D eigenvalue weighted by molar-refractivity contribution is 5.46. The third-order valence-corrected chi connectivity index (χ3v) is 2.22. The summed E-state index contributed by atoms with van der Waals surface area (Å²) in [6.07, 6.45) is 0. The molecule has 0 aliphatic rings. The van der Waals surface area contributed by atoms with Crippen LogP contribution < -0.4 is 11.1 Å². The summed E-state index contributed by atoms with van der Waals surface area (Å²) >= 11 is 0. The van der Waals surface area contributed by atoms with E-state index >= 15 is 0 Å². The number of nitrogens with two attached hydrogens (primary N) is 1. The largest absolute Gasteiger partial charge is 0.398 e. The van der Waals surface area contributed by atoms with Gasteiger partial charge in [0.15, 0.2) is 5.82 Å². The van der Waals surface area contributed by atoms with Crippen LogP contribution in [0.2, 0.25) is 0 Å². The Hall–Kier alpha value is -1.88. The van der Waals surface area contributed by atoms with Gasteiger partial charge in [-0.15, -0.1) is 0 Å². The number of nitrogens with one attached hydrogen (secondary N) is 1. The van der Waals surface area contributed by atoms with Crippen molar-refractivity contribution < 1.29 is 4.52 Å². The highest BCUT2D eigenvalue weighted by Crippen LogP contribution is 2.09. The van der Waals surface area contributed by atoms with Crippen molar-refractivity contribution in [1.82, 2.24) is 15.5 Å². The van der Waals surface area contributed by atoms with E-state index in [1.807, 2.05) is 24.3 Å². The van der Waals surface area contributed by atoms with E-state index in [2.05, 4.69) is 15.5 Å². The topological polar surface area (TPSA) is 77.0 Å². The standard InChI is InChI=1S/C11H14N4O/c1-8-14-11(16-15-8)7-13-6-9-4-2-3-5-10(9)12/h2-5,13H,6-7,12H2,1H3. The molecule has 0 bridgehead atoms. The summed E-state index contributed by atoms with van der Waals surface area (Å²) in [4.78, 5) is 4.09. The van der Waals surface area contributed by atoms with Gasteiger partial charge in [0.1, 0.15) is 0 Å². The molecule has 5 heteroatoms. The van der Waals surface area contributed by atoms with Gasteiger partial charge in [-0.25, -0.2) is 0 Å². The van der Waals surface area contributed by atoms with E-state index in [0.29, 0.717) is 24.8 Å². The summed E-state index contributed by atoms with van der Waals surface area (Å²) < 4.78 is 4.98. The molecule has 0 aliphatic carbocycles. The van der Waals surface area contributed by atoms with Gasteiger partial charge in [-0.3, -0.25) is 0 Å².